The molecule has 0 aromatic heterocycles. The van der Waals surface area contributed by atoms with Crippen LogP contribution in [0.4, 0.5) is 0 Å². The van der Waals surface area contributed by atoms with Crippen LogP contribution in [0.25, 0.3) is 0 Å². The van der Waals surface area contributed by atoms with E-state index in [1.54, 1.807) is 0 Å². The summed E-state index contributed by atoms with van der Waals surface area (Å²) in [5.41, 5.74) is 1.42. The Hall–Kier alpha value is -0.860. The van der Waals surface area contributed by atoms with E-state index in [4.69, 9.17) is 0 Å². The largest absolute Gasteiger partial charge is 0.412 e. The fourth-order valence-electron chi connectivity index (χ4n) is 0.997. The van der Waals surface area contributed by atoms with Gasteiger partial charge in [-0.3, -0.25) is 0 Å². The molecule has 68 valence electrons. The molecule has 1 rings (SSSR count). The maximum Gasteiger partial charge on any atom is 0.00157 e. The van der Waals surface area contributed by atoms with Gasteiger partial charge < -0.3 is 10.4 Å². The van der Waals surface area contributed by atoms with Crippen LogP contribution in [-0.4, -0.2) is 31.0 Å². The molecule has 0 saturated heterocycles. The van der Waals surface area contributed by atoms with Gasteiger partial charge in [0.25, 0.3) is 0 Å². The van der Waals surface area contributed by atoms with Crippen molar-refractivity contribution in [2.24, 2.45) is 0 Å². The number of likely N-dealkylation sites (N-methyl/N-ethyl adjacent to an activating group) is 1. The second-order valence-corrected chi connectivity index (χ2v) is 3.04. The number of rotatable bonds is 3. The lowest BCUT2D eigenvalue weighted by atomic mass is 10.1. The molecule has 1 aromatic rings. The molecule has 2 heteroatoms. The van der Waals surface area contributed by atoms with Crippen LogP contribution in [0.2, 0.25) is 0 Å². The molecule has 0 aliphatic carbocycles. The van der Waals surface area contributed by atoms with Crippen molar-refractivity contribution < 1.29 is 5.48 Å². The van der Waals surface area contributed by atoms with Crippen LogP contribution in [-0.2, 0) is 6.42 Å². The van der Waals surface area contributed by atoms with Crippen LogP contribution in [0.3, 0.4) is 0 Å². The third-order valence-corrected chi connectivity index (χ3v) is 1.69. The van der Waals surface area contributed by atoms with E-state index < -0.39 is 0 Å². The van der Waals surface area contributed by atoms with Crippen LogP contribution >= 0.6 is 0 Å². The topological polar surface area (TPSA) is 34.7 Å². The zero-order valence-corrected chi connectivity index (χ0v) is 7.75. The molecule has 0 aliphatic rings. The van der Waals surface area contributed by atoms with Gasteiger partial charge in [0.2, 0.25) is 0 Å². The second kappa shape index (κ2) is 5.75. The molecule has 0 radical (unpaired) electrons. The molecular weight excluding hydrogens is 150 g/mol. The highest BCUT2D eigenvalue weighted by molar-refractivity contribution is 5.14. The first-order valence-corrected chi connectivity index (χ1v) is 3.97. The fourth-order valence-corrected chi connectivity index (χ4v) is 0.997. The Morgan fingerprint density at radius 2 is 1.67 bits per heavy atom. The lowest BCUT2D eigenvalue weighted by Crippen LogP contribution is -2.14. The summed E-state index contributed by atoms with van der Waals surface area (Å²) in [6.07, 6.45) is 1.15. The Morgan fingerprint density at radius 1 is 1.08 bits per heavy atom. The Labute approximate surface area is 74.1 Å². The molecule has 0 saturated carbocycles. The fraction of sp³-hybridized carbons (Fsp3) is 0.400. The lowest BCUT2D eigenvalue weighted by molar-refractivity contribution is 0.413. The van der Waals surface area contributed by atoms with Crippen LogP contribution < -0.4 is 0 Å². The monoisotopic (exact) mass is 167 g/mol. The molecule has 0 spiro atoms. The smallest absolute Gasteiger partial charge is 0.00157 e. The van der Waals surface area contributed by atoms with Gasteiger partial charge in [0.1, 0.15) is 0 Å². The maximum absolute atomic E-state index is 2.20. The normalized spacial score (nSPS) is 9.58. The molecule has 1 aromatic carbocycles. The maximum atomic E-state index is 2.20. The average molecular weight is 167 g/mol. The van der Waals surface area contributed by atoms with Crippen molar-refractivity contribution in [1.29, 1.82) is 0 Å². The van der Waals surface area contributed by atoms with E-state index >= 15 is 0 Å². The summed E-state index contributed by atoms with van der Waals surface area (Å²) in [6.45, 7) is 1.13. The number of nitrogens with zero attached hydrogens (tertiary/aromatic N) is 1. The molecule has 0 fully saturated rings. The average Bonchev–Trinajstić information content (AvgIpc) is 2.03. The zero-order valence-electron chi connectivity index (χ0n) is 7.75. The third-order valence-electron chi connectivity index (χ3n) is 1.69. The highest BCUT2D eigenvalue weighted by atomic mass is 16.0. The van der Waals surface area contributed by atoms with E-state index in [0.717, 1.165) is 13.0 Å². The predicted molar refractivity (Wildman–Crippen MR) is 52.3 cm³/mol. The Kier molecular flexibility index (Phi) is 5.34. The van der Waals surface area contributed by atoms with Gasteiger partial charge >= 0.3 is 0 Å². The summed E-state index contributed by atoms with van der Waals surface area (Å²) in [4.78, 5) is 2.20. The van der Waals surface area contributed by atoms with Gasteiger partial charge in [-0.05, 0) is 26.1 Å². The second-order valence-electron chi connectivity index (χ2n) is 3.04. The third kappa shape index (κ3) is 4.11. The van der Waals surface area contributed by atoms with Gasteiger partial charge in [-0.25, -0.2) is 0 Å². The van der Waals surface area contributed by atoms with Gasteiger partial charge in [-0.15, -0.1) is 0 Å². The molecule has 0 aliphatic heterocycles. The minimum Gasteiger partial charge on any atom is -0.412 e. The molecule has 12 heavy (non-hydrogen) atoms. The van der Waals surface area contributed by atoms with E-state index in [-0.39, 0.29) is 5.48 Å². The molecule has 0 bridgehead atoms. The molecule has 2 N–H and O–H groups in total. The first-order chi connectivity index (χ1) is 5.29. The van der Waals surface area contributed by atoms with E-state index in [2.05, 4.69) is 49.3 Å². The van der Waals surface area contributed by atoms with Crippen molar-refractivity contribution in [3.8, 4) is 0 Å². The number of benzene rings is 1. The van der Waals surface area contributed by atoms with Crippen LogP contribution in [0.1, 0.15) is 5.56 Å². The summed E-state index contributed by atoms with van der Waals surface area (Å²) < 4.78 is 0. The Bertz CT molecular complexity index is 196. The molecule has 0 amide bonds. The van der Waals surface area contributed by atoms with Gasteiger partial charge in [0.05, 0.1) is 0 Å². The SMILES string of the molecule is CN(C)CCc1ccccc1.O. The van der Waals surface area contributed by atoms with Gasteiger partial charge in [-0.1, -0.05) is 30.3 Å². The van der Waals surface area contributed by atoms with E-state index in [1.165, 1.54) is 5.56 Å². The quantitative estimate of drug-likeness (QED) is 0.660. The van der Waals surface area contributed by atoms with Gasteiger partial charge in [-0.2, -0.15) is 0 Å². The van der Waals surface area contributed by atoms with Crippen LogP contribution in [0.5, 0.6) is 0 Å². The van der Waals surface area contributed by atoms with Crippen LogP contribution in [0, 0.1) is 0 Å². The van der Waals surface area contributed by atoms with Gasteiger partial charge in [0, 0.05) is 6.54 Å². The van der Waals surface area contributed by atoms with E-state index in [1.807, 2.05) is 0 Å². The van der Waals surface area contributed by atoms with E-state index in [0.29, 0.717) is 0 Å². The molecular formula is C10H17NO. The van der Waals surface area contributed by atoms with Crippen molar-refractivity contribution >= 4 is 0 Å². The van der Waals surface area contributed by atoms with Crippen molar-refractivity contribution in [3.05, 3.63) is 35.9 Å². The molecule has 0 heterocycles. The summed E-state index contributed by atoms with van der Waals surface area (Å²) >= 11 is 0. The molecule has 0 unspecified atom stereocenters. The minimum atomic E-state index is 0. The van der Waals surface area contributed by atoms with Crippen molar-refractivity contribution in [1.82, 2.24) is 4.90 Å². The summed E-state index contributed by atoms with van der Waals surface area (Å²) in [5, 5.41) is 0. The van der Waals surface area contributed by atoms with E-state index in [9.17, 15) is 0 Å². The number of hydrogen-bond donors (Lipinski definition) is 0. The molecule has 2 nitrogen and oxygen atoms in total. The highest BCUT2D eigenvalue weighted by Crippen LogP contribution is 1.99. The Morgan fingerprint density at radius 3 is 2.17 bits per heavy atom. The van der Waals surface area contributed by atoms with Gasteiger partial charge in [0.15, 0.2) is 0 Å². The van der Waals surface area contributed by atoms with Crippen molar-refractivity contribution in [3.63, 3.8) is 0 Å². The molecule has 0 atom stereocenters. The predicted octanol–water partition coefficient (Wildman–Crippen LogP) is 0.966. The summed E-state index contributed by atoms with van der Waals surface area (Å²) in [5.74, 6) is 0. The number of hydrogen-bond acceptors (Lipinski definition) is 1. The minimum absolute atomic E-state index is 0. The van der Waals surface area contributed by atoms with Crippen molar-refractivity contribution in [2.75, 3.05) is 20.6 Å². The lowest BCUT2D eigenvalue weighted by Gasteiger charge is -2.08. The first kappa shape index (κ1) is 11.1. The standard InChI is InChI=1S/C10H15N.H2O/c1-11(2)9-8-10-6-4-3-5-7-10;/h3-7H,8-9H2,1-2H3;1H2. The van der Waals surface area contributed by atoms with Crippen LogP contribution in [0.15, 0.2) is 30.3 Å². The van der Waals surface area contributed by atoms with Crippen molar-refractivity contribution in [2.45, 2.75) is 6.42 Å². The first-order valence-electron chi connectivity index (χ1n) is 3.97. The summed E-state index contributed by atoms with van der Waals surface area (Å²) in [7, 11) is 4.20. The highest BCUT2D eigenvalue weighted by Gasteiger charge is 1.91. The Balaban J connectivity index is 0.00000121. The summed E-state index contributed by atoms with van der Waals surface area (Å²) in [6, 6.07) is 10.6. The zero-order chi connectivity index (χ0) is 8.10.